The Morgan fingerprint density at radius 3 is 1.92 bits per heavy atom. The topological polar surface area (TPSA) is 26.0 Å². The van der Waals surface area contributed by atoms with Gasteiger partial charge in [-0.3, -0.25) is 0 Å². The summed E-state index contributed by atoms with van der Waals surface area (Å²) in [4.78, 5) is 0. The number of benzene rings is 1. The zero-order valence-electron chi connectivity index (χ0n) is 8.34. The summed E-state index contributed by atoms with van der Waals surface area (Å²) in [6.45, 7) is 6.55. The highest BCUT2D eigenvalue weighted by atomic mass is 35.5. The van der Waals surface area contributed by atoms with Gasteiger partial charge in [-0.2, -0.15) is 0 Å². The zero-order valence-corrected chi connectivity index (χ0v) is 9.10. The second-order valence-electron chi connectivity index (χ2n) is 4.27. The van der Waals surface area contributed by atoms with Gasteiger partial charge >= 0.3 is 0 Å². The molecule has 0 fully saturated rings. The van der Waals surface area contributed by atoms with Crippen LogP contribution in [0.25, 0.3) is 0 Å². The van der Waals surface area contributed by atoms with Crippen LogP contribution in [0.5, 0.6) is 0 Å². The smallest absolute Gasteiger partial charge is 0.106 e. The summed E-state index contributed by atoms with van der Waals surface area (Å²) in [5.74, 6) is 0. The first-order chi connectivity index (χ1) is 5.91. The van der Waals surface area contributed by atoms with Gasteiger partial charge in [0.25, 0.3) is 0 Å². The van der Waals surface area contributed by atoms with Crippen molar-refractivity contribution in [1.29, 1.82) is 0 Å². The van der Waals surface area contributed by atoms with E-state index in [0.717, 1.165) is 5.56 Å². The molecule has 1 atom stereocenters. The van der Waals surface area contributed by atoms with Crippen molar-refractivity contribution >= 4 is 11.6 Å². The molecule has 0 saturated heterocycles. The highest BCUT2D eigenvalue weighted by Crippen LogP contribution is 2.24. The summed E-state index contributed by atoms with van der Waals surface area (Å²) >= 11 is 5.75. The third-order valence-corrected chi connectivity index (χ3v) is 2.35. The van der Waals surface area contributed by atoms with Crippen molar-refractivity contribution in [2.24, 2.45) is 5.73 Å². The van der Waals surface area contributed by atoms with E-state index < -0.39 is 5.50 Å². The molecule has 0 heterocycles. The Hall–Kier alpha value is -0.530. The molecule has 0 amide bonds. The first-order valence-electron chi connectivity index (χ1n) is 4.41. The van der Waals surface area contributed by atoms with Gasteiger partial charge in [-0.15, -0.1) is 11.6 Å². The third-order valence-electron chi connectivity index (χ3n) is 2.10. The Labute approximate surface area is 84.9 Å². The van der Waals surface area contributed by atoms with E-state index in [0.29, 0.717) is 0 Å². The molecule has 1 nitrogen and oxygen atoms in total. The van der Waals surface area contributed by atoms with Crippen molar-refractivity contribution in [1.82, 2.24) is 0 Å². The van der Waals surface area contributed by atoms with Crippen molar-refractivity contribution in [2.75, 3.05) is 0 Å². The number of halogens is 1. The summed E-state index contributed by atoms with van der Waals surface area (Å²) in [6.07, 6.45) is 0. The van der Waals surface area contributed by atoms with Crippen LogP contribution in [0.1, 0.15) is 37.4 Å². The monoisotopic (exact) mass is 197 g/mol. The zero-order chi connectivity index (χ0) is 10.1. The minimum atomic E-state index is -0.394. The fraction of sp³-hybridized carbons (Fsp3) is 0.455. The number of hydrogen-bond donors (Lipinski definition) is 1. The molecular formula is C11H16ClN. The molecule has 0 radical (unpaired) electrons. The predicted molar refractivity (Wildman–Crippen MR) is 57.9 cm³/mol. The number of nitrogens with two attached hydrogens (primary N) is 1. The Kier molecular flexibility index (Phi) is 2.99. The summed E-state index contributed by atoms with van der Waals surface area (Å²) < 4.78 is 0. The minimum absolute atomic E-state index is 0.189. The Balaban J connectivity index is 2.94. The molecule has 1 aromatic rings. The van der Waals surface area contributed by atoms with Crippen molar-refractivity contribution < 1.29 is 0 Å². The fourth-order valence-corrected chi connectivity index (χ4v) is 1.31. The van der Waals surface area contributed by atoms with Gasteiger partial charge in [0.2, 0.25) is 0 Å². The summed E-state index contributed by atoms with van der Waals surface area (Å²) in [5, 5.41) is 0. The van der Waals surface area contributed by atoms with Crippen LogP contribution >= 0.6 is 11.6 Å². The van der Waals surface area contributed by atoms with Gasteiger partial charge in [-0.25, -0.2) is 0 Å². The molecule has 0 saturated carbocycles. The highest BCUT2D eigenvalue weighted by Gasteiger charge is 2.13. The summed E-state index contributed by atoms with van der Waals surface area (Å²) in [5.41, 5.74) is 7.60. The van der Waals surface area contributed by atoms with Crippen molar-refractivity contribution in [2.45, 2.75) is 31.7 Å². The maximum Gasteiger partial charge on any atom is 0.106 e. The Bertz CT molecular complexity index is 269. The molecule has 2 heteroatoms. The van der Waals surface area contributed by atoms with Crippen LogP contribution in [0, 0.1) is 0 Å². The third kappa shape index (κ3) is 2.71. The molecule has 72 valence electrons. The van der Waals surface area contributed by atoms with E-state index in [9.17, 15) is 0 Å². The summed E-state index contributed by atoms with van der Waals surface area (Å²) in [7, 11) is 0. The van der Waals surface area contributed by atoms with E-state index in [1.165, 1.54) is 5.56 Å². The molecule has 0 aliphatic carbocycles. The molecule has 2 N–H and O–H groups in total. The van der Waals surface area contributed by atoms with E-state index in [1.54, 1.807) is 0 Å². The molecule has 0 aromatic heterocycles. The van der Waals surface area contributed by atoms with Crippen LogP contribution in [0.4, 0.5) is 0 Å². The van der Waals surface area contributed by atoms with Gasteiger partial charge in [0.15, 0.2) is 0 Å². The first kappa shape index (κ1) is 10.6. The lowest BCUT2D eigenvalue weighted by molar-refractivity contribution is 0.590. The van der Waals surface area contributed by atoms with Crippen LogP contribution in [0.3, 0.4) is 0 Å². The second kappa shape index (κ2) is 3.69. The van der Waals surface area contributed by atoms with E-state index in [2.05, 4.69) is 32.9 Å². The normalized spacial score (nSPS) is 14.2. The standard InChI is InChI=1S/C11H16ClN/c1-11(2,3)9-6-4-8(5-7-9)10(12)13/h4-7,10H,13H2,1-3H3. The van der Waals surface area contributed by atoms with Gasteiger partial charge in [-0.1, -0.05) is 45.0 Å². The van der Waals surface area contributed by atoms with E-state index in [4.69, 9.17) is 17.3 Å². The fourth-order valence-electron chi connectivity index (χ4n) is 1.17. The van der Waals surface area contributed by atoms with E-state index >= 15 is 0 Å². The molecule has 13 heavy (non-hydrogen) atoms. The summed E-state index contributed by atoms with van der Waals surface area (Å²) in [6, 6.07) is 8.13. The van der Waals surface area contributed by atoms with Crippen LogP contribution in [0.15, 0.2) is 24.3 Å². The number of alkyl halides is 1. The average molecular weight is 198 g/mol. The van der Waals surface area contributed by atoms with Crippen LogP contribution in [-0.4, -0.2) is 0 Å². The van der Waals surface area contributed by atoms with Crippen molar-refractivity contribution in [3.05, 3.63) is 35.4 Å². The molecule has 1 aromatic carbocycles. The largest absolute Gasteiger partial charge is 0.312 e. The Morgan fingerprint density at radius 2 is 1.62 bits per heavy atom. The molecule has 0 bridgehead atoms. The van der Waals surface area contributed by atoms with E-state index in [-0.39, 0.29) is 5.41 Å². The van der Waals surface area contributed by atoms with Crippen molar-refractivity contribution in [3.8, 4) is 0 Å². The van der Waals surface area contributed by atoms with Crippen LogP contribution in [-0.2, 0) is 5.41 Å². The SMILES string of the molecule is CC(C)(C)c1ccc(C(N)Cl)cc1. The maximum atomic E-state index is 5.75. The minimum Gasteiger partial charge on any atom is -0.312 e. The van der Waals surface area contributed by atoms with Crippen LogP contribution < -0.4 is 5.73 Å². The second-order valence-corrected chi connectivity index (χ2v) is 4.74. The van der Waals surface area contributed by atoms with Gasteiger partial charge in [0.05, 0.1) is 0 Å². The number of rotatable bonds is 1. The van der Waals surface area contributed by atoms with Gasteiger partial charge in [0, 0.05) is 0 Å². The van der Waals surface area contributed by atoms with Gasteiger partial charge < -0.3 is 5.73 Å². The first-order valence-corrected chi connectivity index (χ1v) is 4.85. The Morgan fingerprint density at radius 1 is 1.15 bits per heavy atom. The lowest BCUT2D eigenvalue weighted by Gasteiger charge is -2.19. The van der Waals surface area contributed by atoms with Gasteiger partial charge in [0.1, 0.15) is 5.50 Å². The van der Waals surface area contributed by atoms with Crippen LogP contribution in [0.2, 0.25) is 0 Å². The maximum absolute atomic E-state index is 5.75. The molecule has 1 rings (SSSR count). The average Bonchev–Trinajstić information content (AvgIpc) is 2.03. The van der Waals surface area contributed by atoms with Gasteiger partial charge in [-0.05, 0) is 16.5 Å². The molecular weight excluding hydrogens is 182 g/mol. The lowest BCUT2D eigenvalue weighted by atomic mass is 9.87. The molecule has 0 aliphatic heterocycles. The lowest BCUT2D eigenvalue weighted by Crippen LogP contribution is -2.11. The van der Waals surface area contributed by atoms with E-state index in [1.807, 2.05) is 12.1 Å². The number of hydrogen-bond acceptors (Lipinski definition) is 1. The molecule has 0 aliphatic rings. The quantitative estimate of drug-likeness (QED) is 0.543. The van der Waals surface area contributed by atoms with Crippen molar-refractivity contribution in [3.63, 3.8) is 0 Å². The predicted octanol–water partition coefficient (Wildman–Crippen LogP) is 3.18. The molecule has 0 spiro atoms. The highest BCUT2D eigenvalue weighted by molar-refractivity contribution is 6.20. The molecule has 1 unspecified atom stereocenters.